The maximum atomic E-state index is 12.1. The Hall–Kier alpha value is -1.38. The van der Waals surface area contributed by atoms with E-state index in [2.05, 4.69) is 31.9 Å². The van der Waals surface area contributed by atoms with Crippen LogP contribution in [-0.2, 0) is 15.6 Å². The van der Waals surface area contributed by atoms with Crippen LogP contribution in [0, 0.1) is 0 Å². The zero-order valence-corrected chi connectivity index (χ0v) is 15.1. The fraction of sp³-hybridized carbons (Fsp3) is 0.0714. The zero-order chi connectivity index (χ0) is 16.2. The van der Waals surface area contributed by atoms with Gasteiger partial charge in [0.05, 0.1) is 40.9 Å². The summed E-state index contributed by atoms with van der Waals surface area (Å²) < 4.78 is 12.5. The molecule has 0 saturated heterocycles. The van der Waals surface area contributed by atoms with Gasteiger partial charge in [-0.15, -0.1) is 0 Å². The molecule has 2 aromatic carbocycles. The highest BCUT2D eigenvalue weighted by Gasteiger charge is 2.37. The summed E-state index contributed by atoms with van der Waals surface area (Å²) in [6.07, 6.45) is 0. The molecule has 1 heterocycles. The van der Waals surface area contributed by atoms with Crippen LogP contribution in [0.2, 0.25) is 0 Å². The smallest absolute Gasteiger partial charge is 0.228 e. The number of hydrogen-bond acceptors (Lipinski definition) is 4. The van der Waals surface area contributed by atoms with Gasteiger partial charge in [-0.1, -0.05) is 6.07 Å². The Morgan fingerprint density at radius 3 is 2.50 bits per heavy atom. The molecule has 22 heavy (non-hydrogen) atoms. The van der Waals surface area contributed by atoms with Crippen molar-refractivity contribution in [3.05, 3.63) is 33.2 Å². The van der Waals surface area contributed by atoms with Crippen molar-refractivity contribution in [3.63, 3.8) is 0 Å². The van der Waals surface area contributed by atoms with E-state index in [1.807, 2.05) is 0 Å². The number of halogens is 2. The van der Waals surface area contributed by atoms with Crippen LogP contribution in [0.15, 0.2) is 43.0 Å². The predicted octanol–water partition coefficient (Wildman–Crippen LogP) is 3.79. The molecule has 3 rings (SSSR count). The highest BCUT2D eigenvalue weighted by molar-refractivity contribution is 9.11. The molecule has 0 spiro atoms. The Morgan fingerprint density at radius 1 is 1.18 bits per heavy atom. The van der Waals surface area contributed by atoms with Gasteiger partial charge in [0, 0.05) is 6.92 Å². The molecule has 0 bridgehead atoms. The molecule has 0 fully saturated rings. The minimum Gasteiger partial charge on any atom is -0.505 e. The monoisotopic (exact) mass is 445 g/mol. The first kappa shape index (κ1) is 15.5. The van der Waals surface area contributed by atoms with E-state index in [-0.39, 0.29) is 22.9 Å². The van der Waals surface area contributed by atoms with Gasteiger partial charge in [0.15, 0.2) is 11.5 Å². The molecule has 1 unspecified atom stereocenters. The summed E-state index contributed by atoms with van der Waals surface area (Å²) in [5.74, 6) is -0.722. The Labute approximate surface area is 145 Å². The van der Waals surface area contributed by atoms with Crippen LogP contribution in [0.5, 0.6) is 11.5 Å². The third-order valence-electron chi connectivity index (χ3n) is 3.25. The first-order chi connectivity index (χ1) is 10.3. The van der Waals surface area contributed by atoms with Crippen LogP contribution >= 0.6 is 31.9 Å². The van der Waals surface area contributed by atoms with Crippen molar-refractivity contribution in [2.75, 3.05) is 4.90 Å². The molecule has 1 amide bonds. The largest absolute Gasteiger partial charge is 0.505 e. The van der Waals surface area contributed by atoms with E-state index in [0.29, 0.717) is 18.7 Å². The highest BCUT2D eigenvalue weighted by atomic mass is 79.9. The standard InChI is InChI=1S/C14H9Br2NO4S/c1-6(18)17(8-4-2-3-7(15)12(8)19)9-5-10-14(22(10)21)11(16)13(9)20/h2-5,19-20H,1H3. The topological polar surface area (TPSA) is 77.8 Å². The minimum atomic E-state index is -1.26. The van der Waals surface area contributed by atoms with Crippen LogP contribution in [0.4, 0.5) is 11.4 Å². The zero-order valence-electron chi connectivity index (χ0n) is 11.1. The first-order valence-electron chi connectivity index (χ1n) is 6.10. The molecular weight excluding hydrogens is 438 g/mol. The second-order valence-electron chi connectivity index (χ2n) is 4.62. The number of aromatic hydroxyl groups is 2. The van der Waals surface area contributed by atoms with E-state index < -0.39 is 16.7 Å². The Bertz CT molecular complexity index is 853. The SMILES string of the molecule is CC(=O)N(c1cccc(Br)c1O)c1cc2c(c(Br)c1O)S2=O. The van der Waals surface area contributed by atoms with Gasteiger partial charge in [0.1, 0.15) is 0 Å². The lowest BCUT2D eigenvalue weighted by Gasteiger charge is -2.23. The number of amides is 1. The molecule has 2 aromatic rings. The van der Waals surface area contributed by atoms with Gasteiger partial charge in [-0.3, -0.25) is 9.69 Å². The second kappa shape index (κ2) is 5.36. The normalized spacial score (nSPS) is 15.3. The number of carbonyl (C=O) groups excluding carboxylic acids is 1. The third-order valence-corrected chi connectivity index (χ3v) is 6.23. The van der Waals surface area contributed by atoms with E-state index in [1.165, 1.54) is 17.9 Å². The van der Waals surface area contributed by atoms with E-state index in [9.17, 15) is 19.2 Å². The van der Waals surface area contributed by atoms with Crippen molar-refractivity contribution in [1.29, 1.82) is 0 Å². The Balaban J connectivity index is 2.23. The van der Waals surface area contributed by atoms with E-state index in [1.54, 1.807) is 18.2 Å². The molecule has 1 atom stereocenters. The van der Waals surface area contributed by atoms with Gasteiger partial charge < -0.3 is 10.2 Å². The number of phenolic OH excluding ortho intramolecular Hbond substituents is 2. The molecule has 0 radical (unpaired) electrons. The van der Waals surface area contributed by atoms with Crippen molar-refractivity contribution < 1.29 is 19.2 Å². The number of anilines is 2. The average molecular weight is 447 g/mol. The molecule has 0 aromatic heterocycles. The average Bonchev–Trinajstić information content (AvgIpc) is 3.10. The van der Waals surface area contributed by atoms with E-state index in [4.69, 9.17) is 0 Å². The van der Waals surface area contributed by atoms with Crippen LogP contribution in [-0.4, -0.2) is 20.3 Å². The molecule has 1 aliphatic rings. The minimum absolute atomic E-state index is 0.126. The molecule has 1 aliphatic heterocycles. The number of nitrogens with zero attached hydrogens (tertiary/aromatic N) is 1. The lowest BCUT2D eigenvalue weighted by Crippen LogP contribution is -2.23. The summed E-state index contributed by atoms with van der Waals surface area (Å²) in [6.45, 7) is 1.32. The third kappa shape index (κ3) is 2.26. The number of para-hydroxylation sites is 1. The number of fused-ring (bicyclic) bond motifs is 1. The van der Waals surface area contributed by atoms with Crippen LogP contribution in [0.3, 0.4) is 0 Å². The number of carbonyl (C=O) groups is 1. The molecule has 0 aliphatic carbocycles. The Morgan fingerprint density at radius 2 is 1.86 bits per heavy atom. The summed E-state index contributed by atoms with van der Waals surface area (Å²) in [4.78, 5) is 14.3. The van der Waals surface area contributed by atoms with Gasteiger partial charge in [0.25, 0.3) is 0 Å². The summed E-state index contributed by atoms with van der Waals surface area (Å²) >= 11 is 6.39. The van der Waals surface area contributed by atoms with Crippen molar-refractivity contribution in [3.8, 4) is 11.5 Å². The van der Waals surface area contributed by atoms with Crippen molar-refractivity contribution in [2.45, 2.75) is 16.7 Å². The lowest BCUT2D eigenvalue weighted by atomic mass is 10.2. The highest BCUT2D eigenvalue weighted by Crippen LogP contribution is 2.52. The fourth-order valence-corrected chi connectivity index (χ4v) is 4.57. The molecule has 8 heteroatoms. The summed E-state index contributed by atoms with van der Waals surface area (Å²) in [7, 11) is -1.26. The molecular formula is C14H9Br2NO4S. The summed E-state index contributed by atoms with van der Waals surface area (Å²) in [6, 6.07) is 6.34. The fourth-order valence-electron chi connectivity index (χ4n) is 2.19. The molecule has 0 saturated carbocycles. The maximum Gasteiger partial charge on any atom is 0.228 e. The van der Waals surface area contributed by atoms with E-state index in [0.717, 1.165) is 0 Å². The van der Waals surface area contributed by atoms with Crippen LogP contribution < -0.4 is 4.90 Å². The summed E-state index contributed by atoms with van der Waals surface area (Å²) in [5.41, 5.74) is 0.382. The predicted molar refractivity (Wildman–Crippen MR) is 89.1 cm³/mol. The van der Waals surface area contributed by atoms with Gasteiger partial charge in [-0.05, 0) is 50.1 Å². The quantitative estimate of drug-likeness (QED) is 0.587. The number of rotatable bonds is 2. The van der Waals surface area contributed by atoms with Gasteiger partial charge in [-0.25, -0.2) is 4.21 Å². The first-order valence-corrected chi connectivity index (χ1v) is 8.83. The van der Waals surface area contributed by atoms with Crippen LogP contribution in [0.1, 0.15) is 6.92 Å². The maximum absolute atomic E-state index is 12.1. The molecule has 2 N–H and O–H groups in total. The number of benzene rings is 2. The molecule has 114 valence electrons. The molecule has 5 nitrogen and oxygen atoms in total. The van der Waals surface area contributed by atoms with Gasteiger partial charge in [-0.2, -0.15) is 0 Å². The van der Waals surface area contributed by atoms with Gasteiger partial charge >= 0.3 is 0 Å². The van der Waals surface area contributed by atoms with Crippen molar-refractivity contribution in [1.82, 2.24) is 0 Å². The van der Waals surface area contributed by atoms with Gasteiger partial charge in [0.2, 0.25) is 5.91 Å². The van der Waals surface area contributed by atoms with Crippen LogP contribution in [0.25, 0.3) is 0 Å². The summed E-state index contributed by atoms with van der Waals surface area (Å²) in [5, 5.41) is 20.5. The lowest BCUT2D eigenvalue weighted by molar-refractivity contribution is -0.115. The van der Waals surface area contributed by atoms with Crippen molar-refractivity contribution >= 4 is 59.9 Å². The van der Waals surface area contributed by atoms with E-state index >= 15 is 0 Å². The Kier molecular flexibility index (Phi) is 3.78. The second-order valence-corrected chi connectivity index (χ2v) is 7.65. The van der Waals surface area contributed by atoms with Crippen molar-refractivity contribution in [2.24, 2.45) is 0 Å². The number of phenols is 2. The number of hydrogen-bond donors (Lipinski definition) is 2.